The van der Waals surface area contributed by atoms with Gasteiger partial charge in [-0.2, -0.15) is 0 Å². The molecule has 0 aliphatic rings. The van der Waals surface area contributed by atoms with Crippen molar-refractivity contribution in [1.82, 2.24) is 20.3 Å². The van der Waals surface area contributed by atoms with Gasteiger partial charge in [-0.1, -0.05) is 6.08 Å². The molecule has 0 saturated heterocycles. The predicted molar refractivity (Wildman–Crippen MR) is 85.8 cm³/mol. The summed E-state index contributed by atoms with van der Waals surface area (Å²) in [7, 11) is 1.95. The predicted octanol–water partition coefficient (Wildman–Crippen LogP) is 1.47. The molecule has 6 heteroatoms. The van der Waals surface area contributed by atoms with Gasteiger partial charge in [0.2, 0.25) is 0 Å². The van der Waals surface area contributed by atoms with Crippen LogP contribution in [0.5, 0.6) is 0 Å². The first-order valence-electron chi connectivity index (χ1n) is 7.02. The average Bonchev–Trinajstić information content (AvgIpc) is 2.58. The normalized spacial score (nSPS) is 10.0. The first-order chi connectivity index (χ1) is 10.7. The van der Waals surface area contributed by atoms with Crippen LogP contribution in [0.2, 0.25) is 0 Å². The van der Waals surface area contributed by atoms with Gasteiger partial charge in [-0.15, -0.1) is 6.58 Å². The first-order valence-corrected chi connectivity index (χ1v) is 7.02. The maximum atomic E-state index is 11.7. The Morgan fingerprint density at radius 2 is 2.09 bits per heavy atom. The zero-order chi connectivity index (χ0) is 15.8. The van der Waals surface area contributed by atoms with E-state index >= 15 is 0 Å². The number of likely N-dealkylation sites (N-methyl/N-ethyl adjacent to an activating group) is 1. The zero-order valence-electron chi connectivity index (χ0n) is 12.6. The van der Waals surface area contributed by atoms with E-state index in [0.717, 1.165) is 18.8 Å². The highest BCUT2D eigenvalue weighted by molar-refractivity contribution is 5.92. The number of carbonyl (C=O) groups excluding carboxylic acids is 1. The molecule has 6 nitrogen and oxygen atoms in total. The van der Waals surface area contributed by atoms with Gasteiger partial charge in [-0.05, 0) is 24.1 Å². The lowest BCUT2D eigenvalue weighted by molar-refractivity contribution is 0.0952. The van der Waals surface area contributed by atoms with E-state index in [-0.39, 0.29) is 5.91 Å². The largest absolute Gasteiger partial charge is 0.358 e. The quantitative estimate of drug-likeness (QED) is 0.784. The second-order valence-corrected chi connectivity index (χ2v) is 4.79. The van der Waals surface area contributed by atoms with Gasteiger partial charge in [0.1, 0.15) is 11.5 Å². The second kappa shape index (κ2) is 7.87. The molecule has 1 amide bonds. The van der Waals surface area contributed by atoms with E-state index in [4.69, 9.17) is 0 Å². The fourth-order valence-corrected chi connectivity index (χ4v) is 1.85. The number of anilines is 1. The van der Waals surface area contributed by atoms with Gasteiger partial charge in [0.25, 0.3) is 5.91 Å². The van der Waals surface area contributed by atoms with Crippen LogP contribution in [0.15, 0.2) is 49.6 Å². The van der Waals surface area contributed by atoms with E-state index in [1.165, 1.54) is 11.8 Å². The number of hydrogen-bond donors (Lipinski definition) is 1. The molecule has 0 aliphatic carbocycles. The minimum atomic E-state index is -0.251. The van der Waals surface area contributed by atoms with Crippen molar-refractivity contribution in [3.8, 4) is 0 Å². The summed E-state index contributed by atoms with van der Waals surface area (Å²) in [6.45, 7) is 4.76. The van der Waals surface area contributed by atoms with Gasteiger partial charge >= 0.3 is 0 Å². The summed E-state index contributed by atoms with van der Waals surface area (Å²) < 4.78 is 0. The summed E-state index contributed by atoms with van der Waals surface area (Å²) in [5.41, 5.74) is 1.52. The number of aromatic nitrogens is 3. The van der Waals surface area contributed by atoms with Crippen LogP contribution < -0.4 is 10.2 Å². The molecule has 0 saturated carbocycles. The standard InChI is InChI=1S/C16H19N5O/c1-3-7-18-16(22)14-11-20-15(12-19-14)21(2)10-6-13-4-8-17-9-5-13/h3-5,8-9,11-12H,1,6-7,10H2,2H3,(H,18,22). The Morgan fingerprint density at radius 1 is 1.32 bits per heavy atom. The molecule has 0 fully saturated rings. The van der Waals surface area contributed by atoms with Gasteiger partial charge < -0.3 is 10.2 Å². The van der Waals surface area contributed by atoms with Gasteiger partial charge in [0, 0.05) is 32.5 Å². The molecule has 0 aliphatic heterocycles. The van der Waals surface area contributed by atoms with E-state index < -0.39 is 0 Å². The maximum absolute atomic E-state index is 11.7. The number of nitrogens with zero attached hydrogens (tertiary/aromatic N) is 4. The van der Waals surface area contributed by atoms with Crippen molar-refractivity contribution in [2.24, 2.45) is 0 Å². The second-order valence-electron chi connectivity index (χ2n) is 4.79. The van der Waals surface area contributed by atoms with Crippen LogP contribution in [0.1, 0.15) is 16.1 Å². The van der Waals surface area contributed by atoms with E-state index in [2.05, 4.69) is 26.8 Å². The molecule has 0 spiro atoms. The first kappa shape index (κ1) is 15.6. The van der Waals surface area contributed by atoms with Crippen LogP contribution in [0.3, 0.4) is 0 Å². The fourth-order valence-electron chi connectivity index (χ4n) is 1.85. The Hall–Kier alpha value is -2.76. The van der Waals surface area contributed by atoms with Gasteiger partial charge in [0.05, 0.1) is 12.4 Å². The number of nitrogens with one attached hydrogen (secondary N) is 1. The van der Waals surface area contributed by atoms with E-state index in [0.29, 0.717) is 12.2 Å². The Morgan fingerprint density at radius 3 is 2.73 bits per heavy atom. The minimum Gasteiger partial charge on any atom is -0.358 e. The van der Waals surface area contributed by atoms with Crippen molar-refractivity contribution in [2.75, 3.05) is 25.0 Å². The van der Waals surface area contributed by atoms with Crippen LogP contribution in [-0.2, 0) is 6.42 Å². The number of amides is 1. The van der Waals surface area contributed by atoms with Gasteiger partial charge in [-0.25, -0.2) is 9.97 Å². The van der Waals surface area contributed by atoms with E-state index in [9.17, 15) is 4.79 Å². The molecule has 2 heterocycles. The molecule has 0 unspecified atom stereocenters. The Balaban J connectivity index is 1.91. The van der Waals surface area contributed by atoms with E-state index in [1.807, 2.05) is 24.1 Å². The molecule has 2 rings (SSSR count). The molecule has 1 N–H and O–H groups in total. The van der Waals surface area contributed by atoms with Crippen LogP contribution in [-0.4, -0.2) is 41.0 Å². The third-order valence-corrected chi connectivity index (χ3v) is 3.15. The molecule has 2 aromatic heterocycles. The highest BCUT2D eigenvalue weighted by Gasteiger charge is 2.08. The highest BCUT2D eigenvalue weighted by Crippen LogP contribution is 2.08. The van der Waals surface area contributed by atoms with Gasteiger partial charge in [-0.3, -0.25) is 9.78 Å². The Labute approximate surface area is 129 Å². The molecule has 0 bridgehead atoms. The van der Waals surface area contributed by atoms with Crippen LogP contribution in [0.4, 0.5) is 5.82 Å². The van der Waals surface area contributed by atoms with Crippen molar-refractivity contribution in [3.63, 3.8) is 0 Å². The lowest BCUT2D eigenvalue weighted by Gasteiger charge is -2.17. The molecule has 0 aromatic carbocycles. The van der Waals surface area contributed by atoms with Crippen molar-refractivity contribution < 1.29 is 4.79 Å². The average molecular weight is 297 g/mol. The monoisotopic (exact) mass is 297 g/mol. The lowest BCUT2D eigenvalue weighted by Crippen LogP contribution is -2.25. The number of rotatable bonds is 7. The van der Waals surface area contributed by atoms with Crippen LogP contribution in [0.25, 0.3) is 0 Å². The molecule has 114 valence electrons. The van der Waals surface area contributed by atoms with E-state index in [1.54, 1.807) is 24.7 Å². The molecular formula is C16H19N5O. The van der Waals surface area contributed by atoms with Crippen molar-refractivity contribution >= 4 is 11.7 Å². The summed E-state index contributed by atoms with van der Waals surface area (Å²) in [6, 6.07) is 3.99. The summed E-state index contributed by atoms with van der Waals surface area (Å²) in [5.74, 6) is 0.479. The Bertz CT molecular complexity index is 612. The summed E-state index contributed by atoms with van der Waals surface area (Å²) in [5, 5.41) is 2.66. The number of hydrogen-bond acceptors (Lipinski definition) is 5. The third-order valence-electron chi connectivity index (χ3n) is 3.15. The van der Waals surface area contributed by atoms with Crippen molar-refractivity contribution in [3.05, 3.63) is 60.8 Å². The molecule has 22 heavy (non-hydrogen) atoms. The number of pyridine rings is 1. The van der Waals surface area contributed by atoms with Crippen molar-refractivity contribution in [1.29, 1.82) is 0 Å². The van der Waals surface area contributed by atoms with Gasteiger partial charge in [0.15, 0.2) is 0 Å². The topological polar surface area (TPSA) is 71.0 Å². The SMILES string of the molecule is C=CCNC(=O)c1cnc(N(C)CCc2ccncc2)cn1. The molecule has 0 atom stereocenters. The minimum absolute atomic E-state index is 0.251. The van der Waals surface area contributed by atoms with Crippen LogP contribution in [0, 0.1) is 0 Å². The van der Waals surface area contributed by atoms with Crippen molar-refractivity contribution in [2.45, 2.75) is 6.42 Å². The van der Waals surface area contributed by atoms with Crippen LogP contribution >= 0.6 is 0 Å². The summed E-state index contributed by atoms with van der Waals surface area (Å²) in [4.78, 5) is 26.1. The zero-order valence-corrected chi connectivity index (χ0v) is 12.6. The lowest BCUT2D eigenvalue weighted by atomic mass is 10.2. The molecular weight excluding hydrogens is 278 g/mol. The fraction of sp³-hybridized carbons (Fsp3) is 0.250. The third kappa shape index (κ3) is 4.37. The molecule has 0 radical (unpaired) electrons. The smallest absolute Gasteiger partial charge is 0.271 e. The summed E-state index contributed by atoms with van der Waals surface area (Å²) in [6.07, 6.45) is 9.17. The maximum Gasteiger partial charge on any atom is 0.271 e. The highest BCUT2D eigenvalue weighted by atomic mass is 16.1. The summed E-state index contributed by atoms with van der Waals surface area (Å²) >= 11 is 0. The molecule has 2 aromatic rings. The number of carbonyl (C=O) groups is 1. The Kier molecular flexibility index (Phi) is 5.59.